The molecule has 154 valence electrons. The van der Waals surface area contributed by atoms with E-state index >= 15 is 0 Å². The molecule has 0 aliphatic heterocycles. The smallest absolute Gasteiger partial charge is 0.274 e. The Morgan fingerprint density at radius 3 is 2.50 bits per heavy atom. The van der Waals surface area contributed by atoms with Crippen molar-refractivity contribution in [1.82, 2.24) is 19.6 Å². The lowest BCUT2D eigenvalue weighted by Crippen LogP contribution is -2.17. The minimum Gasteiger partial charge on any atom is -0.497 e. The normalized spacial score (nSPS) is 10.7. The molecule has 2 heterocycles. The molecule has 4 rings (SSSR count). The number of aromatic nitrogens is 4. The molecule has 0 radical (unpaired) electrons. The van der Waals surface area contributed by atoms with Crippen LogP contribution in [0.15, 0.2) is 59.4 Å². The van der Waals surface area contributed by atoms with E-state index in [9.17, 15) is 4.79 Å². The van der Waals surface area contributed by atoms with Crippen molar-refractivity contribution in [2.75, 3.05) is 24.9 Å². The van der Waals surface area contributed by atoms with E-state index in [2.05, 4.69) is 25.7 Å². The molecule has 0 bridgehead atoms. The van der Waals surface area contributed by atoms with E-state index in [0.717, 1.165) is 22.7 Å². The fourth-order valence-corrected chi connectivity index (χ4v) is 2.95. The van der Waals surface area contributed by atoms with Gasteiger partial charge in [-0.3, -0.25) is 9.89 Å². The number of hydrogen-bond acceptors (Lipinski definition) is 7. The van der Waals surface area contributed by atoms with Gasteiger partial charge in [-0.15, -0.1) is 0 Å². The lowest BCUT2D eigenvalue weighted by Gasteiger charge is -2.07. The average molecular weight is 406 g/mol. The van der Waals surface area contributed by atoms with Crippen LogP contribution < -0.4 is 25.7 Å². The Morgan fingerprint density at radius 2 is 1.73 bits per heavy atom. The SMILES string of the molecule is COc1ccc(CNc2nc3nc(CNc4cccc(OC)c4)cc(=O)n3[nH]2)cc1. The summed E-state index contributed by atoms with van der Waals surface area (Å²) < 4.78 is 11.7. The van der Waals surface area contributed by atoms with Gasteiger partial charge in [-0.25, -0.2) is 4.98 Å². The molecule has 2 aromatic heterocycles. The molecule has 0 saturated carbocycles. The van der Waals surface area contributed by atoms with Crippen molar-refractivity contribution in [3.63, 3.8) is 0 Å². The second kappa shape index (κ2) is 8.56. The summed E-state index contributed by atoms with van der Waals surface area (Å²) in [5, 5.41) is 9.33. The minimum absolute atomic E-state index is 0.229. The maximum absolute atomic E-state index is 12.4. The zero-order valence-corrected chi connectivity index (χ0v) is 16.7. The first-order valence-electron chi connectivity index (χ1n) is 9.38. The lowest BCUT2D eigenvalue weighted by molar-refractivity contribution is 0.414. The molecule has 0 aliphatic carbocycles. The number of hydrogen-bond donors (Lipinski definition) is 3. The highest BCUT2D eigenvalue weighted by molar-refractivity contribution is 5.48. The summed E-state index contributed by atoms with van der Waals surface area (Å²) in [5.74, 6) is 2.33. The molecule has 30 heavy (non-hydrogen) atoms. The van der Waals surface area contributed by atoms with Crippen molar-refractivity contribution >= 4 is 17.4 Å². The van der Waals surface area contributed by atoms with Crippen LogP contribution >= 0.6 is 0 Å². The average Bonchev–Trinajstić information content (AvgIpc) is 3.20. The van der Waals surface area contributed by atoms with Crippen LogP contribution in [0.25, 0.3) is 5.78 Å². The Bertz CT molecular complexity index is 1200. The molecule has 0 atom stereocenters. The van der Waals surface area contributed by atoms with Crippen LogP contribution in [0.5, 0.6) is 11.5 Å². The van der Waals surface area contributed by atoms with Crippen LogP contribution in [0, 0.1) is 0 Å². The highest BCUT2D eigenvalue weighted by atomic mass is 16.5. The van der Waals surface area contributed by atoms with Crippen molar-refractivity contribution in [1.29, 1.82) is 0 Å². The van der Waals surface area contributed by atoms with Gasteiger partial charge in [0.15, 0.2) is 0 Å². The number of H-pyrrole nitrogens is 1. The largest absolute Gasteiger partial charge is 0.497 e. The number of benzene rings is 2. The molecule has 0 saturated heterocycles. The molecule has 0 spiro atoms. The second-order valence-corrected chi connectivity index (χ2v) is 6.58. The number of aromatic amines is 1. The number of methoxy groups -OCH3 is 2. The van der Waals surface area contributed by atoms with Gasteiger partial charge in [0.05, 0.1) is 26.5 Å². The number of fused-ring (bicyclic) bond motifs is 1. The van der Waals surface area contributed by atoms with Crippen LogP contribution in [0.2, 0.25) is 0 Å². The fourth-order valence-electron chi connectivity index (χ4n) is 2.95. The highest BCUT2D eigenvalue weighted by Gasteiger charge is 2.08. The van der Waals surface area contributed by atoms with Crippen molar-refractivity contribution in [2.24, 2.45) is 0 Å². The third-order valence-corrected chi connectivity index (χ3v) is 4.55. The Labute approximate surface area is 172 Å². The molecule has 0 unspecified atom stereocenters. The van der Waals surface area contributed by atoms with E-state index in [1.54, 1.807) is 14.2 Å². The van der Waals surface area contributed by atoms with Crippen LogP contribution in [-0.4, -0.2) is 33.8 Å². The Hall–Kier alpha value is -4.01. The Kier molecular flexibility index (Phi) is 5.51. The van der Waals surface area contributed by atoms with Crippen molar-refractivity contribution in [3.8, 4) is 11.5 Å². The molecule has 0 amide bonds. The van der Waals surface area contributed by atoms with Crippen LogP contribution in [0.4, 0.5) is 11.6 Å². The predicted octanol–water partition coefficient (Wildman–Crippen LogP) is 2.66. The van der Waals surface area contributed by atoms with Crippen LogP contribution in [0.1, 0.15) is 11.3 Å². The number of ether oxygens (including phenoxy) is 2. The molecule has 0 fully saturated rings. The van der Waals surface area contributed by atoms with E-state index in [1.807, 2.05) is 48.5 Å². The van der Waals surface area contributed by atoms with Gasteiger partial charge >= 0.3 is 0 Å². The molecular weight excluding hydrogens is 384 g/mol. The number of rotatable bonds is 8. The van der Waals surface area contributed by atoms with E-state index in [4.69, 9.17) is 9.47 Å². The van der Waals surface area contributed by atoms with Crippen molar-refractivity contribution < 1.29 is 9.47 Å². The maximum Gasteiger partial charge on any atom is 0.274 e. The quantitative estimate of drug-likeness (QED) is 0.413. The molecule has 2 aromatic carbocycles. The van der Waals surface area contributed by atoms with Crippen LogP contribution in [-0.2, 0) is 13.1 Å². The minimum atomic E-state index is -0.229. The monoisotopic (exact) mass is 406 g/mol. The van der Waals surface area contributed by atoms with E-state index < -0.39 is 0 Å². The van der Waals surface area contributed by atoms with Gasteiger partial charge < -0.3 is 20.1 Å². The second-order valence-electron chi connectivity index (χ2n) is 6.58. The van der Waals surface area contributed by atoms with Gasteiger partial charge in [0.2, 0.25) is 5.95 Å². The third-order valence-electron chi connectivity index (χ3n) is 4.55. The van der Waals surface area contributed by atoms with Gasteiger partial charge in [0.1, 0.15) is 11.5 Å². The first-order chi connectivity index (χ1) is 14.6. The summed E-state index contributed by atoms with van der Waals surface area (Å²) >= 11 is 0. The topological polar surface area (TPSA) is 106 Å². The summed E-state index contributed by atoms with van der Waals surface area (Å²) in [6, 6.07) is 16.7. The van der Waals surface area contributed by atoms with Crippen molar-refractivity contribution in [3.05, 3.63) is 76.2 Å². The summed E-state index contributed by atoms with van der Waals surface area (Å²) in [5.41, 5.74) is 2.29. The highest BCUT2D eigenvalue weighted by Crippen LogP contribution is 2.17. The molecule has 9 nitrogen and oxygen atoms in total. The van der Waals surface area contributed by atoms with Crippen LogP contribution in [0.3, 0.4) is 0 Å². The summed E-state index contributed by atoms with van der Waals surface area (Å²) in [6.07, 6.45) is 0. The molecule has 4 aromatic rings. The van der Waals surface area contributed by atoms with Gasteiger partial charge in [0, 0.05) is 24.4 Å². The fraction of sp³-hybridized carbons (Fsp3) is 0.190. The number of nitrogens with zero attached hydrogens (tertiary/aromatic N) is 3. The van der Waals surface area contributed by atoms with Gasteiger partial charge in [-0.05, 0) is 29.8 Å². The van der Waals surface area contributed by atoms with Gasteiger partial charge in [-0.2, -0.15) is 9.50 Å². The molecular formula is C21H22N6O3. The Balaban J connectivity index is 1.45. The van der Waals surface area contributed by atoms with E-state index in [0.29, 0.717) is 30.5 Å². The third kappa shape index (κ3) is 4.35. The van der Waals surface area contributed by atoms with Gasteiger partial charge in [-0.1, -0.05) is 18.2 Å². The molecule has 3 N–H and O–H groups in total. The summed E-state index contributed by atoms with van der Waals surface area (Å²) in [4.78, 5) is 21.3. The summed E-state index contributed by atoms with van der Waals surface area (Å²) in [7, 11) is 3.25. The molecule has 0 aliphatic rings. The predicted molar refractivity (Wildman–Crippen MR) is 114 cm³/mol. The lowest BCUT2D eigenvalue weighted by atomic mass is 10.2. The summed E-state index contributed by atoms with van der Waals surface area (Å²) in [6.45, 7) is 0.934. The first kappa shape index (κ1) is 19.3. The van der Waals surface area contributed by atoms with Gasteiger partial charge in [0.25, 0.3) is 11.3 Å². The van der Waals surface area contributed by atoms with E-state index in [-0.39, 0.29) is 5.56 Å². The van der Waals surface area contributed by atoms with Crippen molar-refractivity contribution in [2.45, 2.75) is 13.1 Å². The Morgan fingerprint density at radius 1 is 0.933 bits per heavy atom. The zero-order valence-electron chi connectivity index (χ0n) is 16.7. The molecule has 9 heteroatoms. The van der Waals surface area contributed by atoms with E-state index in [1.165, 1.54) is 10.6 Å². The standard InChI is InChI=1S/C21H22N6O3/c1-29-17-8-6-14(7-9-17)12-23-20-25-21-24-16(11-19(28)27(21)26-20)13-22-15-4-3-5-18(10-15)30-2/h3-11,22H,12-13H2,1-2H3,(H2,23,24,25,26). The first-order valence-corrected chi connectivity index (χ1v) is 9.38. The number of nitrogens with one attached hydrogen (secondary N) is 3. The zero-order chi connectivity index (χ0) is 20.9. The number of anilines is 2. The maximum atomic E-state index is 12.4.